The Bertz CT molecular complexity index is 833. The second-order valence-corrected chi connectivity index (χ2v) is 5.59. The van der Waals surface area contributed by atoms with Crippen LogP contribution in [-0.4, -0.2) is 15.9 Å². The third kappa shape index (κ3) is 2.92. The summed E-state index contributed by atoms with van der Waals surface area (Å²) >= 11 is 3.41. The highest BCUT2D eigenvalue weighted by atomic mass is 79.9. The van der Waals surface area contributed by atoms with E-state index in [1.54, 1.807) is 30.6 Å². The number of amides is 1. The Labute approximate surface area is 130 Å². The number of fused-ring (bicyclic) bond motifs is 1. The number of hydrogen-bond acceptors (Lipinski definition) is 3. The highest BCUT2D eigenvalue weighted by Gasteiger charge is 2.09. The third-order valence-electron chi connectivity index (χ3n) is 3.18. The van der Waals surface area contributed by atoms with E-state index in [1.807, 2.05) is 25.1 Å². The van der Waals surface area contributed by atoms with Crippen LogP contribution in [0.3, 0.4) is 0 Å². The van der Waals surface area contributed by atoms with E-state index in [0.717, 1.165) is 21.2 Å². The molecule has 0 aliphatic heterocycles. The summed E-state index contributed by atoms with van der Waals surface area (Å²) in [4.78, 5) is 20.8. The van der Waals surface area contributed by atoms with Gasteiger partial charge in [0.1, 0.15) is 0 Å². The molecule has 0 saturated heterocycles. The number of anilines is 1. The zero-order chi connectivity index (χ0) is 14.8. The maximum atomic E-state index is 12.3. The monoisotopic (exact) mass is 341 g/mol. The standard InChI is InChI=1S/C16H12BrN3O/c1-10-2-4-12(17)9-14(10)20-16(21)11-3-5-13-15(8-11)19-7-6-18-13/h2-9H,1H3,(H,20,21). The van der Waals surface area contributed by atoms with Crippen LogP contribution >= 0.6 is 15.9 Å². The summed E-state index contributed by atoms with van der Waals surface area (Å²) < 4.78 is 0.924. The average Bonchev–Trinajstić information content (AvgIpc) is 2.50. The maximum absolute atomic E-state index is 12.3. The highest BCUT2D eigenvalue weighted by Crippen LogP contribution is 2.21. The molecule has 0 bridgehead atoms. The molecule has 0 aliphatic rings. The molecule has 3 aromatic rings. The molecular formula is C16H12BrN3O. The molecule has 0 unspecified atom stereocenters. The first-order valence-corrected chi connectivity index (χ1v) is 7.21. The lowest BCUT2D eigenvalue weighted by atomic mass is 10.1. The lowest BCUT2D eigenvalue weighted by molar-refractivity contribution is 0.102. The van der Waals surface area contributed by atoms with Crippen LogP contribution < -0.4 is 5.32 Å². The van der Waals surface area contributed by atoms with Gasteiger partial charge >= 0.3 is 0 Å². The Morgan fingerprint density at radius 2 is 1.81 bits per heavy atom. The Morgan fingerprint density at radius 1 is 1.05 bits per heavy atom. The summed E-state index contributed by atoms with van der Waals surface area (Å²) in [5, 5.41) is 2.91. The fourth-order valence-electron chi connectivity index (χ4n) is 2.03. The predicted octanol–water partition coefficient (Wildman–Crippen LogP) is 3.95. The van der Waals surface area contributed by atoms with Gasteiger partial charge in [0, 0.05) is 28.1 Å². The quantitative estimate of drug-likeness (QED) is 0.767. The number of halogens is 1. The van der Waals surface area contributed by atoms with Crippen LogP contribution in [-0.2, 0) is 0 Å². The first-order valence-electron chi connectivity index (χ1n) is 6.42. The molecule has 5 heteroatoms. The smallest absolute Gasteiger partial charge is 0.255 e. The van der Waals surface area contributed by atoms with Gasteiger partial charge in [-0.15, -0.1) is 0 Å². The highest BCUT2D eigenvalue weighted by molar-refractivity contribution is 9.10. The summed E-state index contributed by atoms with van der Waals surface area (Å²) in [5.41, 5.74) is 3.83. The minimum absolute atomic E-state index is 0.163. The summed E-state index contributed by atoms with van der Waals surface area (Å²) in [6.45, 7) is 1.95. The molecule has 4 nitrogen and oxygen atoms in total. The molecule has 0 fully saturated rings. The van der Waals surface area contributed by atoms with Crippen LogP contribution in [0.5, 0.6) is 0 Å². The maximum Gasteiger partial charge on any atom is 0.255 e. The Balaban J connectivity index is 1.91. The number of rotatable bonds is 2. The molecule has 0 radical (unpaired) electrons. The average molecular weight is 342 g/mol. The molecule has 0 spiro atoms. The zero-order valence-electron chi connectivity index (χ0n) is 11.3. The van der Waals surface area contributed by atoms with Crippen molar-refractivity contribution < 1.29 is 4.79 Å². The normalized spacial score (nSPS) is 10.6. The van der Waals surface area contributed by atoms with Crippen molar-refractivity contribution in [2.45, 2.75) is 6.92 Å². The number of nitrogens with one attached hydrogen (secondary N) is 1. The van der Waals surface area contributed by atoms with Crippen molar-refractivity contribution in [2.24, 2.45) is 0 Å². The van der Waals surface area contributed by atoms with E-state index in [0.29, 0.717) is 11.1 Å². The van der Waals surface area contributed by atoms with Gasteiger partial charge in [-0.05, 0) is 42.8 Å². The number of aromatic nitrogens is 2. The van der Waals surface area contributed by atoms with Gasteiger partial charge in [0.25, 0.3) is 5.91 Å². The fraction of sp³-hybridized carbons (Fsp3) is 0.0625. The van der Waals surface area contributed by atoms with Crippen LogP contribution in [0.4, 0.5) is 5.69 Å². The number of hydrogen-bond donors (Lipinski definition) is 1. The van der Waals surface area contributed by atoms with E-state index in [2.05, 4.69) is 31.2 Å². The topological polar surface area (TPSA) is 54.9 Å². The van der Waals surface area contributed by atoms with Crippen LogP contribution in [0.15, 0.2) is 53.3 Å². The van der Waals surface area contributed by atoms with Crippen molar-refractivity contribution >= 4 is 38.6 Å². The molecule has 1 N–H and O–H groups in total. The summed E-state index contributed by atoms with van der Waals surface area (Å²) in [7, 11) is 0. The van der Waals surface area contributed by atoms with E-state index in [9.17, 15) is 4.79 Å². The molecule has 0 atom stereocenters. The fourth-order valence-corrected chi connectivity index (χ4v) is 2.39. The van der Waals surface area contributed by atoms with Gasteiger partial charge in [-0.3, -0.25) is 14.8 Å². The Hall–Kier alpha value is -2.27. The summed E-state index contributed by atoms with van der Waals surface area (Å²) in [6, 6.07) is 11.1. The van der Waals surface area contributed by atoms with Crippen molar-refractivity contribution in [2.75, 3.05) is 5.32 Å². The van der Waals surface area contributed by atoms with E-state index < -0.39 is 0 Å². The van der Waals surface area contributed by atoms with Crippen molar-refractivity contribution in [3.05, 3.63) is 64.4 Å². The predicted molar refractivity (Wildman–Crippen MR) is 86.4 cm³/mol. The van der Waals surface area contributed by atoms with E-state index in [4.69, 9.17) is 0 Å². The third-order valence-corrected chi connectivity index (χ3v) is 3.67. The molecule has 0 aliphatic carbocycles. The molecular weight excluding hydrogens is 330 g/mol. The Kier molecular flexibility index (Phi) is 3.66. The van der Waals surface area contributed by atoms with Crippen molar-refractivity contribution in [1.29, 1.82) is 0 Å². The lowest BCUT2D eigenvalue weighted by Gasteiger charge is -2.09. The van der Waals surface area contributed by atoms with Crippen LogP contribution in [0, 0.1) is 6.92 Å². The van der Waals surface area contributed by atoms with Crippen molar-refractivity contribution in [3.63, 3.8) is 0 Å². The molecule has 104 valence electrons. The first-order chi connectivity index (χ1) is 10.1. The minimum atomic E-state index is -0.163. The van der Waals surface area contributed by atoms with Gasteiger partial charge < -0.3 is 5.32 Å². The summed E-state index contributed by atoms with van der Waals surface area (Å²) in [5.74, 6) is -0.163. The minimum Gasteiger partial charge on any atom is -0.322 e. The van der Waals surface area contributed by atoms with Gasteiger partial charge in [-0.25, -0.2) is 0 Å². The van der Waals surface area contributed by atoms with Gasteiger partial charge in [-0.2, -0.15) is 0 Å². The van der Waals surface area contributed by atoms with E-state index >= 15 is 0 Å². The molecule has 3 rings (SSSR count). The number of carbonyl (C=O) groups is 1. The van der Waals surface area contributed by atoms with Crippen molar-refractivity contribution in [3.8, 4) is 0 Å². The van der Waals surface area contributed by atoms with Crippen molar-refractivity contribution in [1.82, 2.24) is 9.97 Å². The van der Waals surface area contributed by atoms with Gasteiger partial charge in [-0.1, -0.05) is 22.0 Å². The number of carbonyl (C=O) groups excluding carboxylic acids is 1. The Morgan fingerprint density at radius 3 is 2.62 bits per heavy atom. The molecule has 0 saturated carbocycles. The molecule has 1 heterocycles. The van der Waals surface area contributed by atoms with Gasteiger partial charge in [0.05, 0.1) is 11.0 Å². The SMILES string of the molecule is Cc1ccc(Br)cc1NC(=O)c1ccc2nccnc2c1. The van der Waals surface area contributed by atoms with E-state index in [-0.39, 0.29) is 5.91 Å². The molecule has 21 heavy (non-hydrogen) atoms. The summed E-state index contributed by atoms with van der Waals surface area (Å²) in [6.07, 6.45) is 3.25. The van der Waals surface area contributed by atoms with Crippen LogP contribution in [0.25, 0.3) is 11.0 Å². The largest absolute Gasteiger partial charge is 0.322 e. The van der Waals surface area contributed by atoms with Crippen LogP contribution in [0.2, 0.25) is 0 Å². The second-order valence-electron chi connectivity index (χ2n) is 4.67. The first kappa shape index (κ1) is 13.7. The number of benzene rings is 2. The van der Waals surface area contributed by atoms with Crippen LogP contribution in [0.1, 0.15) is 15.9 Å². The molecule has 2 aromatic carbocycles. The lowest BCUT2D eigenvalue weighted by Crippen LogP contribution is -2.12. The number of aryl methyl sites for hydroxylation is 1. The van der Waals surface area contributed by atoms with Gasteiger partial charge in [0.15, 0.2) is 0 Å². The van der Waals surface area contributed by atoms with E-state index in [1.165, 1.54) is 0 Å². The van der Waals surface area contributed by atoms with Gasteiger partial charge in [0.2, 0.25) is 0 Å². The molecule has 1 amide bonds. The number of nitrogens with zero attached hydrogens (tertiary/aromatic N) is 2. The zero-order valence-corrected chi connectivity index (χ0v) is 12.9. The second kappa shape index (κ2) is 5.61. The molecule has 1 aromatic heterocycles.